The Morgan fingerprint density at radius 3 is 2.55 bits per heavy atom. The van der Waals surface area contributed by atoms with Crippen LogP contribution in [0.2, 0.25) is 0 Å². The van der Waals surface area contributed by atoms with Gasteiger partial charge in [-0.1, -0.05) is 19.8 Å². The minimum atomic E-state index is -0.301. The normalized spacial score (nSPS) is 23.5. The summed E-state index contributed by atoms with van der Waals surface area (Å²) in [5.74, 6) is 0. The van der Waals surface area contributed by atoms with Crippen LogP contribution in [-0.2, 0) is 0 Å². The molecule has 1 heteroatoms. The highest BCUT2D eigenvalue weighted by atomic mass is 16.3. The summed E-state index contributed by atoms with van der Waals surface area (Å²) in [6.07, 6.45) is 9.89. The first-order valence-electron chi connectivity index (χ1n) is 4.81. The zero-order valence-corrected chi connectivity index (χ0v) is 7.47. The molecule has 1 aliphatic carbocycles. The first-order valence-corrected chi connectivity index (χ1v) is 4.81. The van der Waals surface area contributed by atoms with Crippen LogP contribution < -0.4 is 0 Å². The lowest BCUT2D eigenvalue weighted by molar-refractivity contribution is 0.00292. The van der Waals surface area contributed by atoms with Crippen LogP contribution in [0.1, 0.15) is 51.9 Å². The van der Waals surface area contributed by atoms with Crippen molar-refractivity contribution in [2.24, 2.45) is 0 Å². The molecule has 1 fully saturated rings. The Bertz CT molecular complexity index is 103. The van der Waals surface area contributed by atoms with Crippen molar-refractivity contribution >= 4 is 0 Å². The average molecular weight is 155 g/mol. The lowest BCUT2D eigenvalue weighted by Gasteiger charge is -2.31. The van der Waals surface area contributed by atoms with Crippen molar-refractivity contribution in [2.75, 3.05) is 0 Å². The molecule has 0 saturated heterocycles. The number of unbranched alkanes of at least 4 members (excludes halogenated alkanes) is 1. The molecule has 0 aliphatic heterocycles. The molecule has 0 aromatic carbocycles. The van der Waals surface area contributed by atoms with Crippen molar-refractivity contribution in [3.05, 3.63) is 6.42 Å². The smallest absolute Gasteiger partial charge is 0.0648 e. The molecule has 1 rings (SSSR count). The summed E-state index contributed by atoms with van der Waals surface area (Å²) in [6, 6.07) is 0. The van der Waals surface area contributed by atoms with Crippen LogP contribution >= 0.6 is 0 Å². The van der Waals surface area contributed by atoms with E-state index in [9.17, 15) is 5.11 Å². The molecule has 1 saturated carbocycles. The first kappa shape index (κ1) is 9.05. The van der Waals surface area contributed by atoms with Gasteiger partial charge in [0.15, 0.2) is 0 Å². The second-order valence-corrected chi connectivity index (χ2v) is 3.69. The van der Waals surface area contributed by atoms with Gasteiger partial charge in [-0.25, -0.2) is 0 Å². The maximum atomic E-state index is 9.98. The number of aliphatic hydroxyl groups is 1. The number of hydrogen-bond donors (Lipinski definition) is 1. The van der Waals surface area contributed by atoms with Gasteiger partial charge in [0.25, 0.3) is 0 Å². The van der Waals surface area contributed by atoms with Crippen molar-refractivity contribution in [2.45, 2.75) is 57.5 Å². The van der Waals surface area contributed by atoms with Crippen LogP contribution in [0.5, 0.6) is 0 Å². The fourth-order valence-electron chi connectivity index (χ4n) is 1.77. The fourth-order valence-corrected chi connectivity index (χ4v) is 1.77. The Kier molecular flexibility index (Phi) is 3.38. The SMILES string of the molecule is CCCCC1(O)CC[CH]CC1. The van der Waals surface area contributed by atoms with E-state index < -0.39 is 0 Å². The van der Waals surface area contributed by atoms with Crippen LogP contribution in [0.4, 0.5) is 0 Å². The van der Waals surface area contributed by atoms with E-state index in [1.807, 2.05) is 0 Å². The van der Waals surface area contributed by atoms with Crippen molar-refractivity contribution in [1.82, 2.24) is 0 Å². The Labute approximate surface area is 69.8 Å². The van der Waals surface area contributed by atoms with Gasteiger partial charge in [0.05, 0.1) is 5.60 Å². The Morgan fingerprint density at radius 1 is 1.36 bits per heavy atom. The second-order valence-electron chi connectivity index (χ2n) is 3.69. The molecule has 1 aliphatic rings. The van der Waals surface area contributed by atoms with Crippen LogP contribution in [0.25, 0.3) is 0 Å². The summed E-state index contributed by atoms with van der Waals surface area (Å²) in [4.78, 5) is 0. The summed E-state index contributed by atoms with van der Waals surface area (Å²) in [5.41, 5.74) is -0.301. The molecule has 0 spiro atoms. The maximum Gasteiger partial charge on any atom is 0.0648 e. The minimum absolute atomic E-state index is 0.301. The molecule has 0 aromatic heterocycles. The van der Waals surface area contributed by atoms with Crippen molar-refractivity contribution in [3.63, 3.8) is 0 Å². The van der Waals surface area contributed by atoms with E-state index in [1.54, 1.807) is 0 Å². The van der Waals surface area contributed by atoms with Gasteiger partial charge in [0.2, 0.25) is 0 Å². The lowest BCUT2D eigenvalue weighted by Crippen LogP contribution is -2.31. The third kappa shape index (κ3) is 2.82. The zero-order chi connectivity index (χ0) is 8.16. The van der Waals surface area contributed by atoms with Gasteiger partial charge in [-0.05, 0) is 38.5 Å². The molecule has 1 N–H and O–H groups in total. The van der Waals surface area contributed by atoms with E-state index >= 15 is 0 Å². The van der Waals surface area contributed by atoms with E-state index in [0.29, 0.717) is 0 Å². The largest absolute Gasteiger partial charge is 0.390 e. The fraction of sp³-hybridized carbons (Fsp3) is 0.900. The third-order valence-electron chi connectivity index (χ3n) is 2.62. The van der Waals surface area contributed by atoms with Crippen molar-refractivity contribution in [1.29, 1.82) is 0 Å². The number of rotatable bonds is 3. The van der Waals surface area contributed by atoms with Crippen LogP contribution in [0, 0.1) is 6.42 Å². The van der Waals surface area contributed by atoms with E-state index in [4.69, 9.17) is 0 Å². The summed E-state index contributed by atoms with van der Waals surface area (Å²) < 4.78 is 0. The van der Waals surface area contributed by atoms with Crippen LogP contribution in [-0.4, -0.2) is 10.7 Å². The second kappa shape index (κ2) is 4.10. The molecule has 11 heavy (non-hydrogen) atoms. The molecule has 0 unspecified atom stereocenters. The highest BCUT2D eigenvalue weighted by Crippen LogP contribution is 2.31. The molecular weight excluding hydrogens is 136 g/mol. The Morgan fingerprint density at radius 2 is 2.00 bits per heavy atom. The number of hydrogen-bond acceptors (Lipinski definition) is 1. The van der Waals surface area contributed by atoms with E-state index in [2.05, 4.69) is 13.3 Å². The lowest BCUT2D eigenvalue weighted by atomic mass is 9.81. The molecule has 65 valence electrons. The molecule has 0 atom stereocenters. The monoisotopic (exact) mass is 155 g/mol. The van der Waals surface area contributed by atoms with Gasteiger partial charge in [-0.2, -0.15) is 0 Å². The van der Waals surface area contributed by atoms with Crippen LogP contribution in [0.15, 0.2) is 0 Å². The van der Waals surface area contributed by atoms with E-state index in [1.165, 1.54) is 12.8 Å². The molecule has 0 heterocycles. The average Bonchev–Trinajstić information content (AvgIpc) is 2.03. The summed E-state index contributed by atoms with van der Waals surface area (Å²) >= 11 is 0. The van der Waals surface area contributed by atoms with Gasteiger partial charge in [0.1, 0.15) is 0 Å². The Balaban J connectivity index is 2.25. The standard InChI is InChI=1S/C10H19O/c1-2-3-7-10(11)8-5-4-6-9-10/h4,11H,2-3,5-9H2,1H3. The molecule has 0 amide bonds. The van der Waals surface area contributed by atoms with Gasteiger partial charge < -0.3 is 5.11 Å². The van der Waals surface area contributed by atoms with Gasteiger partial charge >= 0.3 is 0 Å². The predicted octanol–water partition coefficient (Wildman–Crippen LogP) is 2.69. The molecule has 0 bridgehead atoms. The molecule has 1 radical (unpaired) electrons. The van der Waals surface area contributed by atoms with Crippen molar-refractivity contribution in [3.8, 4) is 0 Å². The quantitative estimate of drug-likeness (QED) is 0.664. The zero-order valence-electron chi connectivity index (χ0n) is 7.47. The van der Waals surface area contributed by atoms with Gasteiger partial charge in [0, 0.05) is 0 Å². The summed E-state index contributed by atoms with van der Waals surface area (Å²) in [5, 5.41) is 9.98. The summed E-state index contributed by atoms with van der Waals surface area (Å²) in [7, 11) is 0. The molecule has 1 nitrogen and oxygen atoms in total. The third-order valence-corrected chi connectivity index (χ3v) is 2.62. The van der Waals surface area contributed by atoms with Gasteiger partial charge in [-0.15, -0.1) is 0 Å². The Hall–Kier alpha value is -0.0400. The molecule has 0 aromatic rings. The van der Waals surface area contributed by atoms with Gasteiger partial charge in [-0.3, -0.25) is 0 Å². The van der Waals surface area contributed by atoms with Crippen molar-refractivity contribution < 1.29 is 5.11 Å². The highest BCUT2D eigenvalue weighted by molar-refractivity contribution is 4.88. The highest BCUT2D eigenvalue weighted by Gasteiger charge is 2.27. The first-order chi connectivity index (χ1) is 5.27. The van der Waals surface area contributed by atoms with Crippen LogP contribution in [0.3, 0.4) is 0 Å². The van der Waals surface area contributed by atoms with E-state index in [0.717, 1.165) is 32.1 Å². The minimum Gasteiger partial charge on any atom is -0.390 e. The molecular formula is C10H19O. The maximum absolute atomic E-state index is 9.98. The predicted molar refractivity (Wildman–Crippen MR) is 47.2 cm³/mol. The summed E-state index contributed by atoms with van der Waals surface area (Å²) in [6.45, 7) is 2.18. The van der Waals surface area contributed by atoms with E-state index in [-0.39, 0.29) is 5.60 Å². The topological polar surface area (TPSA) is 20.2 Å².